The first kappa shape index (κ1) is 33.5. The summed E-state index contributed by atoms with van der Waals surface area (Å²) >= 11 is 0. The Labute approximate surface area is 214 Å². The van der Waals surface area contributed by atoms with Crippen LogP contribution in [0.15, 0.2) is 0 Å². The van der Waals surface area contributed by atoms with E-state index < -0.39 is 7.26 Å². The summed E-state index contributed by atoms with van der Waals surface area (Å²) in [5, 5.41) is 0. The number of rotatable bonds is 24. The van der Waals surface area contributed by atoms with Crippen molar-refractivity contribution in [1.82, 2.24) is 0 Å². The Morgan fingerprint density at radius 3 is 0.967 bits per heavy atom. The summed E-state index contributed by atoms with van der Waals surface area (Å²) in [7, 11) is -1.06. The van der Waals surface area contributed by atoms with Gasteiger partial charge >= 0.3 is 215 Å². The maximum atomic E-state index is 4.20. The summed E-state index contributed by atoms with van der Waals surface area (Å²) in [5.41, 5.74) is 0. The molecule has 0 aliphatic rings. The number of unbranched alkanes of at least 4 members (excludes halogenated alkanes) is 16. The van der Waals surface area contributed by atoms with E-state index in [0.29, 0.717) is 0 Å². The summed E-state index contributed by atoms with van der Waals surface area (Å²) in [5.74, 6) is 0. The predicted molar refractivity (Wildman–Crippen MR) is 151 cm³/mol. The average molecular weight is 637 g/mol. The number of hydrogen-bond acceptors (Lipinski definition) is 0. The Bertz CT molecular complexity index is 264. The molecule has 0 saturated carbocycles. The molecule has 2 heteroatoms. The van der Waals surface area contributed by atoms with Crippen LogP contribution in [0.3, 0.4) is 0 Å². The molecular weight excluding hydrogens is 574 g/mol. The van der Waals surface area contributed by atoms with E-state index >= 15 is 0 Å². The summed E-state index contributed by atoms with van der Waals surface area (Å²) in [4.78, 5) is 0. The molecule has 0 atom stereocenters. The van der Waals surface area contributed by atoms with E-state index in [2.05, 4.69) is 27.7 Å². The molecule has 0 spiro atoms. The molecule has 0 fully saturated rings. The fourth-order valence-electron chi connectivity index (χ4n) is 5.09. The van der Waals surface area contributed by atoms with Gasteiger partial charge < -0.3 is 0 Å². The molecular formula is C28H62PPb. The topological polar surface area (TPSA) is 0 Å². The van der Waals surface area contributed by atoms with Crippen LogP contribution in [0, 0.1) is 6.92 Å². The van der Waals surface area contributed by atoms with Gasteiger partial charge in [0.1, 0.15) is 0 Å². The van der Waals surface area contributed by atoms with Crippen molar-refractivity contribution in [3.8, 4) is 0 Å². The standard InChI is InChI=1S/C28H60P.Pb.2H/c1-5-9-13-16-19-22-26-29(25-12-8-4,27-23-20-17-14-10-6-2)28-24-21-18-15-11-7-3;;;/h29H,4-28H2,1-3H3;;;. The zero-order valence-corrected chi connectivity index (χ0v) is 28.4. The zero-order chi connectivity index (χ0) is 21.5. The van der Waals surface area contributed by atoms with Gasteiger partial charge in [-0.05, 0) is 0 Å². The molecule has 30 heavy (non-hydrogen) atoms. The molecule has 0 aromatic rings. The van der Waals surface area contributed by atoms with Crippen molar-refractivity contribution in [2.75, 3.05) is 24.6 Å². The minimum absolute atomic E-state index is 0. The van der Waals surface area contributed by atoms with E-state index in [0.717, 1.165) is 6.42 Å². The summed E-state index contributed by atoms with van der Waals surface area (Å²) in [6.07, 6.45) is 35.6. The van der Waals surface area contributed by atoms with Crippen molar-refractivity contribution in [1.29, 1.82) is 0 Å². The molecule has 0 aliphatic carbocycles. The third-order valence-electron chi connectivity index (χ3n) is 7.14. The van der Waals surface area contributed by atoms with E-state index in [-0.39, 0.29) is 27.3 Å². The van der Waals surface area contributed by atoms with Gasteiger partial charge in [-0.3, -0.25) is 0 Å². The molecule has 0 aliphatic heterocycles. The zero-order valence-electron chi connectivity index (χ0n) is 21.9. The molecule has 0 rings (SSSR count). The monoisotopic (exact) mass is 637 g/mol. The Balaban J connectivity index is 0. The van der Waals surface area contributed by atoms with Crippen LogP contribution in [0.4, 0.5) is 0 Å². The Kier molecular flexibility index (Phi) is 29.7. The van der Waals surface area contributed by atoms with Crippen LogP contribution in [-0.2, 0) is 0 Å². The molecule has 0 saturated heterocycles. The Hall–Kier alpha value is 1.35. The van der Waals surface area contributed by atoms with Crippen molar-refractivity contribution >= 4 is 34.6 Å². The molecule has 0 nitrogen and oxygen atoms in total. The Morgan fingerprint density at radius 1 is 0.400 bits per heavy atom. The van der Waals surface area contributed by atoms with Crippen LogP contribution < -0.4 is 0 Å². The predicted octanol–water partition coefficient (Wildman–Crippen LogP) is 9.52. The van der Waals surface area contributed by atoms with E-state index in [9.17, 15) is 0 Å². The third kappa shape index (κ3) is 21.2. The molecule has 0 unspecified atom stereocenters. The average Bonchev–Trinajstić information content (AvgIpc) is 2.74. The molecule has 0 bridgehead atoms. The van der Waals surface area contributed by atoms with Crippen LogP contribution in [0.25, 0.3) is 0 Å². The third-order valence-corrected chi connectivity index (χ3v) is 12.8. The van der Waals surface area contributed by atoms with Crippen LogP contribution in [0.1, 0.15) is 149 Å². The SMILES string of the molecule is [CH2]CCC[PH](CCCCCCCC)(CCCCCCCC)CCCCCCCC.[PbH2]. The molecule has 3 radical (unpaired) electrons. The normalized spacial score (nSPS) is 12.1. The first-order chi connectivity index (χ1) is 14.2. The fourth-order valence-corrected chi connectivity index (χ4v) is 10.6. The quantitative estimate of drug-likeness (QED) is 0.0563. The van der Waals surface area contributed by atoms with Crippen LogP contribution >= 0.6 is 7.26 Å². The van der Waals surface area contributed by atoms with Gasteiger partial charge in [-0.15, -0.1) is 0 Å². The van der Waals surface area contributed by atoms with Crippen molar-refractivity contribution in [2.45, 2.75) is 149 Å². The van der Waals surface area contributed by atoms with E-state index in [1.54, 1.807) is 43.9 Å². The Morgan fingerprint density at radius 2 is 0.667 bits per heavy atom. The van der Waals surface area contributed by atoms with Crippen LogP contribution in [-0.4, -0.2) is 51.9 Å². The van der Waals surface area contributed by atoms with Crippen molar-refractivity contribution in [3.63, 3.8) is 0 Å². The second-order valence-corrected chi connectivity index (χ2v) is 15.0. The minimum atomic E-state index is -1.06. The van der Waals surface area contributed by atoms with E-state index in [1.807, 2.05) is 0 Å². The molecule has 0 aromatic heterocycles. The molecule has 183 valence electrons. The fraction of sp³-hybridized carbons (Fsp3) is 0.964. The van der Waals surface area contributed by atoms with Gasteiger partial charge in [-0.25, -0.2) is 0 Å². The van der Waals surface area contributed by atoms with E-state index in [1.165, 1.54) is 103 Å². The second kappa shape index (κ2) is 26.6. The van der Waals surface area contributed by atoms with Gasteiger partial charge in [0.05, 0.1) is 0 Å². The summed E-state index contributed by atoms with van der Waals surface area (Å²) in [6, 6.07) is 0. The van der Waals surface area contributed by atoms with Gasteiger partial charge in [0.15, 0.2) is 0 Å². The molecule has 0 N–H and O–H groups in total. The molecule has 0 heterocycles. The van der Waals surface area contributed by atoms with Gasteiger partial charge in [-0.1, -0.05) is 0 Å². The summed E-state index contributed by atoms with van der Waals surface area (Å²) in [6.45, 7) is 11.2. The second-order valence-electron chi connectivity index (χ2n) is 10.0. The van der Waals surface area contributed by atoms with E-state index in [4.69, 9.17) is 0 Å². The first-order valence-electron chi connectivity index (χ1n) is 14.0. The van der Waals surface area contributed by atoms with Gasteiger partial charge in [0.25, 0.3) is 0 Å². The summed E-state index contributed by atoms with van der Waals surface area (Å²) < 4.78 is 0. The van der Waals surface area contributed by atoms with Crippen LogP contribution in [0.2, 0.25) is 0 Å². The van der Waals surface area contributed by atoms with Gasteiger partial charge in [-0.2, -0.15) is 0 Å². The van der Waals surface area contributed by atoms with Crippen molar-refractivity contribution in [2.24, 2.45) is 0 Å². The molecule has 0 aromatic carbocycles. The van der Waals surface area contributed by atoms with Crippen LogP contribution in [0.5, 0.6) is 0 Å². The maximum absolute atomic E-state index is 4.20. The van der Waals surface area contributed by atoms with Gasteiger partial charge in [0.2, 0.25) is 0 Å². The number of hydrogen-bond donors (Lipinski definition) is 0. The van der Waals surface area contributed by atoms with Gasteiger partial charge in [0, 0.05) is 0 Å². The first-order valence-corrected chi connectivity index (χ1v) is 16.9. The molecule has 0 amide bonds. The van der Waals surface area contributed by atoms with Crippen molar-refractivity contribution in [3.05, 3.63) is 6.92 Å². The van der Waals surface area contributed by atoms with Crippen molar-refractivity contribution < 1.29 is 0 Å².